The van der Waals surface area contributed by atoms with Gasteiger partial charge in [-0.1, -0.05) is 37.1 Å². The minimum atomic E-state index is -1.40. The van der Waals surface area contributed by atoms with E-state index in [2.05, 4.69) is 10.6 Å². The fourth-order valence-corrected chi connectivity index (χ4v) is 8.92. The summed E-state index contributed by atoms with van der Waals surface area (Å²) in [5, 5.41) is 7.20. The zero-order valence-electron chi connectivity index (χ0n) is 28.5. The number of pyridine rings is 2. The van der Waals surface area contributed by atoms with Crippen molar-refractivity contribution in [3.05, 3.63) is 119 Å². The third-order valence-electron chi connectivity index (χ3n) is 11.7. The summed E-state index contributed by atoms with van der Waals surface area (Å²) in [6, 6.07) is 23.3. The van der Waals surface area contributed by atoms with Crippen molar-refractivity contribution in [3.8, 4) is 11.5 Å². The summed E-state index contributed by atoms with van der Waals surface area (Å²) in [6.45, 7) is 1.08. The first kappa shape index (κ1) is 32.4. The maximum absolute atomic E-state index is 14.6. The zero-order valence-corrected chi connectivity index (χ0v) is 28.5. The maximum atomic E-state index is 14.6. The van der Waals surface area contributed by atoms with Gasteiger partial charge in [-0.05, 0) is 98.2 Å². The molecule has 2 saturated carbocycles. The number of fused-ring (bicyclic) bond motifs is 2. The number of hydrogen-bond donors (Lipinski definition) is 2. The Kier molecular flexibility index (Phi) is 8.11. The van der Waals surface area contributed by atoms with Crippen LogP contribution in [-0.4, -0.2) is 49.2 Å². The molecule has 10 heteroatoms. The molecule has 2 N–H and O–H groups in total. The molecule has 0 saturated heterocycles. The Bertz CT molecular complexity index is 1770. The molecule has 4 aromatic rings. The Morgan fingerprint density at radius 1 is 0.620 bits per heavy atom. The summed E-state index contributed by atoms with van der Waals surface area (Å²) in [6.07, 6.45) is 9.62. The minimum absolute atomic E-state index is 0.539. The Balaban J connectivity index is 1.24. The fourth-order valence-electron chi connectivity index (χ4n) is 8.92. The van der Waals surface area contributed by atoms with Crippen LogP contribution in [0, 0.1) is 0 Å². The van der Waals surface area contributed by atoms with Gasteiger partial charge in [0.15, 0.2) is 0 Å². The molecule has 10 nitrogen and oxygen atoms in total. The lowest BCUT2D eigenvalue weighted by Crippen LogP contribution is -2.68. The molecular formula is C40H42N4O6. The molecule has 4 aliphatic rings. The molecule has 2 aliphatic carbocycles. The maximum Gasteiger partial charge on any atom is 0.419 e. The average Bonchev–Trinajstić information content (AvgIpc) is 3.11. The minimum Gasteiger partial charge on any atom is -0.497 e. The van der Waals surface area contributed by atoms with Gasteiger partial charge in [0.2, 0.25) is 11.4 Å². The molecule has 2 atom stereocenters. The summed E-state index contributed by atoms with van der Waals surface area (Å²) in [5.74, 6) is -0.905. The third-order valence-corrected chi connectivity index (χ3v) is 11.7. The second kappa shape index (κ2) is 12.5. The molecule has 2 fully saturated rings. The van der Waals surface area contributed by atoms with E-state index in [0.29, 0.717) is 50.3 Å². The topological polar surface area (TPSA) is 121 Å². The van der Waals surface area contributed by atoms with Crippen molar-refractivity contribution >= 4 is 11.9 Å². The van der Waals surface area contributed by atoms with Crippen LogP contribution in [0.5, 0.6) is 11.5 Å². The standard InChI is InChI=1S/C40H42N4O6/c1-47-29-13-11-27-15-23-43-39(31(27)25-29,37(17-7-18-37)33-9-3-5-21-41-33)49-35(45)36(46)50-40(38(19-8-20-38)34-10-4-6-22-42-34)32-26-30(48-2)14-12-28(32)16-24-44-40/h3-6,9-14,21-22,25-26,43-44H,7-8,15-20,23-24H2,1-2H3. The number of esters is 2. The van der Waals surface area contributed by atoms with E-state index in [1.807, 2.05) is 72.8 Å². The van der Waals surface area contributed by atoms with Gasteiger partial charge in [0.25, 0.3) is 0 Å². The summed E-state index contributed by atoms with van der Waals surface area (Å²) >= 11 is 0. The number of aromatic nitrogens is 2. The molecule has 2 aromatic carbocycles. The number of benzene rings is 2. The average molecular weight is 675 g/mol. The summed E-state index contributed by atoms with van der Waals surface area (Å²) in [5.41, 5.74) is 0.897. The SMILES string of the molecule is COc1ccc2c(c1)C(OC(=O)C(=O)OC1(C3(c4ccccn4)CCC3)NCCc3ccc(OC)cc31)(C1(c3ccccn3)CCC1)NCC2. The van der Waals surface area contributed by atoms with Crippen molar-refractivity contribution in [1.82, 2.24) is 20.6 Å². The van der Waals surface area contributed by atoms with Gasteiger partial charge in [0.05, 0.1) is 36.4 Å². The number of ether oxygens (including phenoxy) is 4. The predicted octanol–water partition coefficient (Wildman–Crippen LogP) is 5.12. The van der Waals surface area contributed by atoms with Crippen molar-refractivity contribution in [1.29, 1.82) is 0 Å². The first-order valence-electron chi connectivity index (χ1n) is 17.5. The summed E-state index contributed by atoms with van der Waals surface area (Å²) in [7, 11) is 3.23. The van der Waals surface area contributed by atoms with Crippen LogP contribution in [0.25, 0.3) is 0 Å². The van der Waals surface area contributed by atoms with Gasteiger partial charge in [0.1, 0.15) is 11.5 Å². The van der Waals surface area contributed by atoms with Gasteiger partial charge >= 0.3 is 11.9 Å². The van der Waals surface area contributed by atoms with Crippen LogP contribution in [0.15, 0.2) is 85.2 Å². The number of nitrogens with zero attached hydrogens (tertiary/aromatic N) is 2. The second-order valence-electron chi connectivity index (χ2n) is 13.8. The van der Waals surface area contributed by atoms with Crippen molar-refractivity contribution < 1.29 is 28.5 Å². The lowest BCUT2D eigenvalue weighted by atomic mass is 9.56. The number of hydrogen-bond acceptors (Lipinski definition) is 10. The molecule has 8 rings (SSSR count). The van der Waals surface area contributed by atoms with E-state index >= 15 is 0 Å². The molecule has 2 unspecified atom stereocenters. The smallest absolute Gasteiger partial charge is 0.419 e. The second-order valence-corrected chi connectivity index (χ2v) is 13.8. The van der Waals surface area contributed by atoms with E-state index in [9.17, 15) is 9.59 Å². The Labute approximate surface area is 291 Å². The van der Waals surface area contributed by atoms with Gasteiger partial charge in [0, 0.05) is 36.6 Å². The number of carbonyl (C=O) groups is 2. The molecule has 2 aliphatic heterocycles. The van der Waals surface area contributed by atoms with Gasteiger partial charge in [-0.15, -0.1) is 0 Å². The van der Waals surface area contributed by atoms with Crippen LogP contribution >= 0.6 is 0 Å². The highest BCUT2D eigenvalue weighted by molar-refractivity contribution is 6.30. The first-order valence-corrected chi connectivity index (χ1v) is 17.5. The molecule has 0 spiro atoms. The predicted molar refractivity (Wildman–Crippen MR) is 184 cm³/mol. The zero-order chi connectivity index (χ0) is 34.4. The lowest BCUT2D eigenvalue weighted by molar-refractivity contribution is -0.214. The summed E-state index contributed by atoms with van der Waals surface area (Å²) < 4.78 is 24.6. The van der Waals surface area contributed by atoms with Crippen LogP contribution in [0.1, 0.15) is 72.2 Å². The molecule has 0 radical (unpaired) electrons. The molecule has 4 heterocycles. The van der Waals surface area contributed by atoms with E-state index in [0.717, 1.165) is 59.3 Å². The summed E-state index contributed by atoms with van der Waals surface area (Å²) in [4.78, 5) is 38.7. The van der Waals surface area contributed by atoms with E-state index < -0.39 is 34.2 Å². The number of carbonyl (C=O) groups excluding carboxylic acids is 2. The van der Waals surface area contributed by atoms with Gasteiger partial charge < -0.3 is 18.9 Å². The fraction of sp³-hybridized carbons (Fsp3) is 0.400. The van der Waals surface area contributed by atoms with Crippen molar-refractivity contribution in [3.63, 3.8) is 0 Å². The van der Waals surface area contributed by atoms with Crippen LogP contribution in [0.3, 0.4) is 0 Å². The van der Waals surface area contributed by atoms with E-state index in [1.165, 1.54) is 0 Å². The van der Waals surface area contributed by atoms with Crippen LogP contribution in [-0.2, 0) is 54.2 Å². The molecule has 0 amide bonds. The highest BCUT2D eigenvalue weighted by Gasteiger charge is 2.65. The van der Waals surface area contributed by atoms with Gasteiger partial charge in [-0.3, -0.25) is 20.6 Å². The van der Waals surface area contributed by atoms with Crippen LogP contribution < -0.4 is 20.1 Å². The van der Waals surface area contributed by atoms with Gasteiger partial charge in [-0.25, -0.2) is 9.59 Å². The first-order chi connectivity index (χ1) is 24.4. The van der Waals surface area contributed by atoms with E-state index in [-0.39, 0.29) is 0 Å². The largest absolute Gasteiger partial charge is 0.497 e. The Morgan fingerprint density at radius 2 is 1.06 bits per heavy atom. The van der Waals surface area contributed by atoms with E-state index in [1.54, 1.807) is 26.6 Å². The van der Waals surface area contributed by atoms with Crippen molar-refractivity contribution in [2.24, 2.45) is 0 Å². The molecule has 50 heavy (non-hydrogen) atoms. The monoisotopic (exact) mass is 674 g/mol. The van der Waals surface area contributed by atoms with Crippen molar-refractivity contribution in [2.75, 3.05) is 27.3 Å². The number of rotatable bonds is 8. The quantitative estimate of drug-likeness (QED) is 0.193. The van der Waals surface area contributed by atoms with Crippen LogP contribution in [0.2, 0.25) is 0 Å². The Hall–Kier alpha value is -4.80. The van der Waals surface area contributed by atoms with Crippen molar-refractivity contribution in [2.45, 2.75) is 73.6 Å². The third kappa shape index (κ3) is 4.75. The van der Waals surface area contributed by atoms with E-state index in [4.69, 9.17) is 28.9 Å². The normalized spacial score (nSPS) is 24.3. The van der Waals surface area contributed by atoms with Crippen LogP contribution in [0.4, 0.5) is 0 Å². The highest BCUT2D eigenvalue weighted by Crippen LogP contribution is 2.59. The molecule has 0 bridgehead atoms. The molecule has 2 aromatic heterocycles. The molecule has 258 valence electrons. The Morgan fingerprint density at radius 3 is 1.40 bits per heavy atom. The molecular weight excluding hydrogens is 632 g/mol. The lowest BCUT2D eigenvalue weighted by Gasteiger charge is -2.57. The number of nitrogens with one attached hydrogen (secondary N) is 2. The number of methoxy groups -OCH3 is 2. The van der Waals surface area contributed by atoms with Gasteiger partial charge in [-0.2, -0.15) is 0 Å². The highest BCUT2D eigenvalue weighted by atomic mass is 16.6.